The second-order valence-electron chi connectivity index (χ2n) is 5.38. The molecule has 0 bridgehead atoms. The smallest absolute Gasteiger partial charge is 0.212 e. The van der Waals surface area contributed by atoms with Crippen molar-refractivity contribution in [2.75, 3.05) is 5.75 Å². The molecule has 2 heterocycles. The van der Waals surface area contributed by atoms with E-state index in [-0.39, 0.29) is 0 Å². The average molecular weight is 356 g/mol. The van der Waals surface area contributed by atoms with E-state index in [4.69, 9.17) is 9.15 Å². The van der Waals surface area contributed by atoms with E-state index in [0.29, 0.717) is 12.4 Å². The van der Waals surface area contributed by atoms with Gasteiger partial charge in [-0.1, -0.05) is 36.9 Å². The SMILES string of the molecule is CCSc1nnc(C)n1N=Cc1ccc(COc2ccccc2C)o1. The molecule has 1 aromatic carbocycles. The lowest BCUT2D eigenvalue weighted by Gasteiger charge is -2.06. The first-order valence-corrected chi connectivity index (χ1v) is 9.02. The number of rotatable bonds is 7. The molecule has 0 atom stereocenters. The average Bonchev–Trinajstić information content (AvgIpc) is 3.20. The van der Waals surface area contributed by atoms with Crippen molar-refractivity contribution in [1.82, 2.24) is 14.9 Å². The zero-order valence-electron chi connectivity index (χ0n) is 14.5. The maximum absolute atomic E-state index is 5.79. The summed E-state index contributed by atoms with van der Waals surface area (Å²) in [6.07, 6.45) is 1.66. The summed E-state index contributed by atoms with van der Waals surface area (Å²) in [5.74, 6) is 3.91. The lowest BCUT2D eigenvalue weighted by atomic mass is 10.2. The van der Waals surface area contributed by atoms with Crippen LogP contribution in [0.15, 0.2) is 51.1 Å². The number of nitrogens with zero attached hydrogens (tertiary/aromatic N) is 4. The number of benzene rings is 1. The third-order valence-corrected chi connectivity index (χ3v) is 4.29. The molecule has 130 valence electrons. The van der Waals surface area contributed by atoms with Gasteiger partial charge in [0.2, 0.25) is 5.16 Å². The topological polar surface area (TPSA) is 65.4 Å². The Morgan fingerprint density at radius 3 is 2.84 bits per heavy atom. The normalized spacial score (nSPS) is 11.3. The summed E-state index contributed by atoms with van der Waals surface area (Å²) in [5.41, 5.74) is 1.10. The van der Waals surface area contributed by atoms with Gasteiger partial charge in [-0.15, -0.1) is 10.2 Å². The van der Waals surface area contributed by atoms with Crippen LogP contribution in [-0.4, -0.2) is 26.8 Å². The Balaban J connectivity index is 1.66. The number of para-hydroxylation sites is 1. The van der Waals surface area contributed by atoms with E-state index >= 15 is 0 Å². The van der Waals surface area contributed by atoms with E-state index in [1.807, 2.05) is 50.2 Å². The van der Waals surface area contributed by atoms with Crippen LogP contribution in [0.5, 0.6) is 5.75 Å². The third kappa shape index (κ3) is 4.30. The molecule has 0 aliphatic heterocycles. The molecule has 0 aliphatic rings. The van der Waals surface area contributed by atoms with Crippen molar-refractivity contribution in [1.29, 1.82) is 0 Å². The predicted octanol–water partition coefficient (Wildman–Crippen LogP) is 4.06. The van der Waals surface area contributed by atoms with Gasteiger partial charge in [0.1, 0.15) is 23.9 Å². The molecule has 7 heteroatoms. The molecule has 0 amide bonds. The lowest BCUT2D eigenvalue weighted by molar-refractivity contribution is 0.268. The van der Waals surface area contributed by atoms with Gasteiger partial charge < -0.3 is 9.15 Å². The van der Waals surface area contributed by atoms with Crippen molar-refractivity contribution < 1.29 is 9.15 Å². The lowest BCUT2D eigenvalue weighted by Crippen LogP contribution is -1.96. The Bertz CT molecular complexity index is 870. The fourth-order valence-electron chi connectivity index (χ4n) is 2.21. The van der Waals surface area contributed by atoms with Crippen LogP contribution in [0.4, 0.5) is 0 Å². The van der Waals surface area contributed by atoms with Gasteiger partial charge in [-0.3, -0.25) is 0 Å². The summed E-state index contributed by atoms with van der Waals surface area (Å²) < 4.78 is 13.2. The van der Waals surface area contributed by atoms with Gasteiger partial charge >= 0.3 is 0 Å². The summed E-state index contributed by atoms with van der Waals surface area (Å²) in [4.78, 5) is 0. The molecule has 3 rings (SSSR count). The Kier molecular flexibility index (Phi) is 5.55. The second kappa shape index (κ2) is 8.02. The molecule has 0 radical (unpaired) electrons. The van der Waals surface area contributed by atoms with Crippen LogP contribution < -0.4 is 4.74 Å². The number of ether oxygens (including phenoxy) is 1. The van der Waals surface area contributed by atoms with Crippen LogP contribution in [0.1, 0.15) is 29.8 Å². The summed E-state index contributed by atoms with van der Waals surface area (Å²) in [6.45, 7) is 6.33. The van der Waals surface area contributed by atoms with Crippen molar-refractivity contribution in [2.45, 2.75) is 32.5 Å². The Hall–Kier alpha value is -2.54. The fourth-order valence-corrected chi connectivity index (χ4v) is 2.87. The third-order valence-electron chi connectivity index (χ3n) is 3.49. The maximum Gasteiger partial charge on any atom is 0.212 e. The molecule has 25 heavy (non-hydrogen) atoms. The molecule has 2 aromatic heterocycles. The molecule has 0 spiro atoms. The van der Waals surface area contributed by atoms with E-state index < -0.39 is 0 Å². The summed E-state index contributed by atoms with van der Waals surface area (Å²) >= 11 is 1.60. The van der Waals surface area contributed by atoms with Gasteiger partial charge in [-0.2, -0.15) is 9.78 Å². The van der Waals surface area contributed by atoms with Crippen molar-refractivity contribution in [2.24, 2.45) is 5.10 Å². The van der Waals surface area contributed by atoms with Crippen LogP contribution in [0, 0.1) is 13.8 Å². The first-order chi connectivity index (χ1) is 12.2. The molecule has 0 aliphatic carbocycles. The van der Waals surface area contributed by atoms with Crippen molar-refractivity contribution in [3.05, 3.63) is 59.3 Å². The molecular formula is C18H20N4O2S. The van der Waals surface area contributed by atoms with E-state index in [9.17, 15) is 0 Å². The highest BCUT2D eigenvalue weighted by atomic mass is 32.2. The number of thioether (sulfide) groups is 1. The van der Waals surface area contributed by atoms with Gasteiger partial charge in [0.15, 0.2) is 5.82 Å². The number of aryl methyl sites for hydroxylation is 2. The Morgan fingerprint density at radius 1 is 1.20 bits per heavy atom. The molecule has 0 N–H and O–H groups in total. The Labute approximate surface area is 150 Å². The van der Waals surface area contributed by atoms with Crippen LogP contribution in [0.3, 0.4) is 0 Å². The molecule has 0 unspecified atom stereocenters. The number of furan rings is 1. The van der Waals surface area contributed by atoms with Crippen LogP contribution in [0.2, 0.25) is 0 Å². The molecule has 0 saturated carbocycles. The zero-order chi connectivity index (χ0) is 17.6. The highest BCUT2D eigenvalue weighted by Gasteiger charge is 2.08. The van der Waals surface area contributed by atoms with Crippen LogP contribution in [-0.2, 0) is 6.61 Å². The minimum Gasteiger partial charge on any atom is -0.485 e. The molecule has 3 aromatic rings. The van der Waals surface area contributed by atoms with Crippen LogP contribution in [0.25, 0.3) is 0 Å². The number of hydrogen-bond donors (Lipinski definition) is 0. The number of hydrogen-bond acceptors (Lipinski definition) is 6. The standard InChI is InChI=1S/C18H20N4O2S/c1-4-25-18-21-20-14(3)22(18)19-11-15-9-10-16(24-15)12-23-17-8-6-5-7-13(17)2/h5-11H,4,12H2,1-3H3. The maximum atomic E-state index is 5.79. The summed E-state index contributed by atoms with van der Waals surface area (Å²) in [6, 6.07) is 11.7. The van der Waals surface area contributed by atoms with Gasteiger partial charge in [-0.05, 0) is 43.4 Å². The monoisotopic (exact) mass is 356 g/mol. The molecule has 6 nitrogen and oxygen atoms in total. The highest BCUT2D eigenvalue weighted by Crippen LogP contribution is 2.19. The first-order valence-electron chi connectivity index (χ1n) is 8.03. The minimum absolute atomic E-state index is 0.376. The van der Waals surface area contributed by atoms with Crippen molar-refractivity contribution in [3.63, 3.8) is 0 Å². The molecular weight excluding hydrogens is 336 g/mol. The van der Waals surface area contributed by atoms with E-state index in [2.05, 4.69) is 22.2 Å². The summed E-state index contributed by atoms with van der Waals surface area (Å²) in [5, 5.41) is 13.3. The zero-order valence-corrected chi connectivity index (χ0v) is 15.3. The Morgan fingerprint density at radius 2 is 2.04 bits per heavy atom. The summed E-state index contributed by atoms with van der Waals surface area (Å²) in [7, 11) is 0. The highest BCUT2D eigenvalue weighted by molar-refractivity contribution is 7.99. The van der Waals surface area contributed by atoms with E-state index in [1.54, 1.807) is 22.7 Å². The number of aromatic nitrogens is 3. The van der Waals surface area contributed by atoms with E-state index in [1.165, 1.54) is 0 Å². The largest absolute Gasteiger partial charge is 0.485 e. The van der Waals surface area contributed by atoms with Crippen LogP contribution >= 0.6 is 11.8 Å². The second-order valence-corrected chi connectivity index (χ2v) is 6.61. The fraction of sp³-hybridized carbons (Fsp3) is 0.278. The van der Waals surface area contributed by atoms with E-state index in [0.717, 1.165) is 33.8 Å². The van der Waals surface area contributed by atoms with Gasteiger partial charge in [0.25, 0.3) is 0 Å². The quantitative estimate of drug-likeness (QED) is 0.472. The molecule has 0 saturated heterocycles. The first kappa shape index (κ1) is 17.3. The van der Waals surface area contributed by atoms with Crippen molar-refractivity contribution in [3.8, 4) is 5.75 Å². The van der Waals surface area contributed by atoms with Crippen molar-refractivity contribution >= 4 is 18.0 Å². The van der Waals surface area contributed by atoms with Gasteiger partial charge in [-0.25, -0.2) is 0 Å². The van der Waals surface area contributed by atoms with Gasteiger partial charge in [0.05, 0.1) is 6.21 Å². The van der Waals surface area contributed by atoms with Gasteiger partial charge in [0, 0.05) is 0 Å². The molecule has 0 fully saturated rings. The predicted molar refractivity (Wildman–Crippen MR) is 98.4 cm³/mol. The minimum atomic E-state index is 0.376.